The van der Waals surface area contributed by atoms with Crippen LogP contribution in [0.25, 0.3) is 0 Å². The van der Waals surface area contributed by atoms with Gasteiger partial charge in [0, 0.05) is 32.2 Å². The molecule has 1 amide bonds. The first-order valence-corrected chi connectivity index (χ1v) is 10.4. The Morgan fingerprint density at radius 1 is 1.23 bits per heavy atom. The Bertz CT molecular complexity index is 653. The number of aliphatic hydroxyl groups is 1. The third-order valence-corrected chi connectivity index (χ3v) is 4.50. The van der Waals surface area contributed by atoms with Gasteiger partial charge >= 0.3 is 0 Å². The standard InChI is InChI=1S/C21H35N3O7/c1-21(2,16-22-20(26)6-4-5-12-31-24(27)28)23-14-18(25)15-30-19-9-7-17(8-10-19)11-13-29-3/h7-10,18,23,25H,4-6,11-16H2,1-3H3,(H,22,26). The molecule has 0 saturated carbocycles. The number of hydrogen-bond acceptors (Lipinski definition) is 8. The molecule has 1 unspecified atom stereocenters. The van der Waals surface area contributed by atoms with E-state index >= 15 is 0 Å². The van der Waals surface area contributed by atoms with Crippen molar-refractivity contribution in [3.05, 3.63) is 39.9 Å². The van der Waals surface area contributed by atoms with Crippen LogP contribution in [-0.2, 0) is 20.8 Å². The van der Waals surface area contributed by atoms with Crippen molar-refractivity contribution in [2.24, 2.45) is 0 Å². The van der Waals surface area contributed by atoms with Gasteiger partial charge < -0.3 is 30.1 Å². The van der Waals surface area contributed by atoms with E-state index in [1.54, 1.807) is 7.11 Å². The average Bonchev–Trinajstić information content (AvgIpc) is 2.74. The van der Waals surface area contributed by atoms with Gasteiger partial charge in [-0.15, -0.1) is 10.1 Å². The van der Waals surface area contributed by atoms with E-state index in [1.807, 2.05) is 38.1 Å². The maximum absolute atomic E-state index is 11.9. The molecule has 0 aliphatic rings. The Labute approximate surface area is 183 Å². The Morgan fingerprint density at radius 3 is 2.58 bits per heavy atom. The zero-order valence-electron chi connectivity index (χ0n) is 18.6. The highest BCUT2D eigenvalue weighted by Crippen LogP contribution is 2.13. The number of carbonyl (C=O) groups excluding carboxylic acids is 1. The topological polar surface area (TPSA) is 132 Å². The molecule has 0 aliphatic heterocycles. The van der Waals surface area contributed by atoms with Gasteiger partial charge in [-0.05, 0) is 50.8 Å². The second-order valence-electron chi connectivity index (χ2n) is 7.91. The fourth-order valence-electron chi connectivity index (χ4n) is 2.61. The molecule has 1 aromatic rings. The van der Waals surface area contributed by atoms with Crippen LogP contribution < -0.4 is 15.4 Å². The van der Waals surface area contributed by atoms with Crippen molar-refractivity contribution >= 4 is 5.91 Å². The summed E-state index contributed by atoms with van der Waals surface area (Å²) >= 11 is 0. The first-order chi connectivity index (χ1) is 14.7. The third-order valence-electron chi connectivity index (χ3n) is 4.50. The number of rotatable bonds is 17. The number of carbonyl (C=O) groups is 1. The molecule has 176 valence electrons. The van der Waals surface area contributed by atoms with E-state index in [0.29, 0.717) is 38.3 Å². The van der Waals surface area contributed by atoms with Gasteiger partial charge in [0.05, 0.1) is 13.2 Å². The van der Waals surface area contributed by atoms with Crippen molar-refractivity contribution in [1.29, 1.82) is 0 Å². The Kier molecular flexibility index (Phi) is 12.5. The van der Waals surface area contributed by atoms with E-state index in [4.69, 9.17) is 9.47 Å². The number of nitrogens with one attached hydrogen (secondary N) is 2. The highest BCUT2D eigenvalue weighted by atomic mass is 16.9. The van der Waals surface area contributed by atoms with Crippen molar-refractivity contribution in [3.8, 4) is 5.75 Å². The van der Waals surface area contributed by atoms with Crippen LogP contribution in [0.5, 0.6) is 5.75 Å². The van der Waals surface area contributed by atoms with E-state index in [2.05, 4.69) is 15.5 Å². The lowest BCUT2D eigenvalue weighted by Crippen LogP contribution is -2.51. The molecule has 0 aliphatic carbocycles. The summed E-state index contributed by atoms with van der Waals surface area (Å²) in [6.45, 7) is 5.35. The van der Waals surface area contributed by atoms with Gasteiger partial charge in [-0.2, -0.15) is 0 Å². The maximum Gasteiger partial charge on any atom is 0.294 e. The lowest BCUT2D eigenvalue weighted by molar-refractivity contribution is -0.757. The number of ether oxygens (including phenoxy) is 2. The van der Waals surface area contributed by atoms with E-state index in [-0.39, 0.29) is 25.5 Å². The Balaban J connectivity index is 2.20. The molecule has 0 aromatic heterocycles. The monoisotopic (exact) mass is 441 g/mol. The summed E-state index contributed by atoms with van der Waals surface area (Å²) in [6.07, 6.45) is 1.36. The van der Waals surface area contributed by atoms with Gasteiger partial charge in [-0.25, -0.2) is 0 Å². The first-order valence-electron chi connectivity index (χ1n) is 10.4. The fraction of sp³-hybridized carbons (Fsp3) is 0.667. The Morgan fingerprint density at radius 2 is 1.94 bits per heavy atom. The maximum atomic E-state index is 11.9. The zero-order chi connectivity index (χ0) is 23.1. The number of unbranched alkanes of at least 4 members (excludes halogenated alkanes) is 1. The number of β-amino-alcohol motifs (C(OH)–C–C–N with tert-alkyl or cyclic N) is 1. The molecule has 0 spiro atoms. The molecule has 0 saturated heterocycles. The predicted molar refractivity (Wildman–Crippen MR) is 115 cm³/mol. The van der Waals surface area contributed by atoms with Gasteiger partial charge in [0.2, 0.25) is 5.91 Å². The van der Waals surface area contributed by atoms with Crippen LogP contribution in [0.15, 0.2) is 24.3 Å². The lowest BCUT2D eigenvalue weighted by Gasteiger charge is -2.28. The number of aliphatic hydroxyl groups excluding tert-OH is 1. The van der Waals surface area contributed by atoms with Crippen LogP contribution >= 0.6 is 0 Å². The molecule has 0 fully saturated rings. The first kappa shape index (κ1) is 26.6. The van der Waals surface area contributed by atoms with Crippen LogP contribution in [0.3, 0.4) is 0 Å². The van der Waals surface area contributed by atoms with Crippen LogP contribution in [0.4, 0.5) is 0 Å². The summed E-state index contributed by atoms with van der Waals surface area (Å²) in [5.41, 5.74) is 0.735. The molecule has 0 bridgehead atoms. The van der Waals surface area contributed by atoms with Crippen LogP contribution in [-0.4, -0.2) is 67.8 Å². The second-order valence-corrected chi connectivity index (χ2v) is 7.91. The summed E-state index contributed by atoms with van der Waals surface area (Å²) in [5, 5.41) is 25.4. The lowest BCUT2D eigenvalue weighted by atomic mass is 10.1. The van der Waals surface area contributed by atoms with Crippen molar-refractivity contribution in [3.63, 3.8) is 0 Å². The molecule has 3 N–H and O–H groups in total. The molecule has 31 heavy (non-hydrogen) atoms. The quantitative estimate of drug-likeness (QED) is 0.188. The normalized spacial score (nSPS) is 12.3. The highest BCUT2D eigenvalue weighted by molar-refractivity contribution is 5.75. The van der Waals surface area contributed by atoms with E-state index < -0.39 is 16.7 Å². The van der Waals surface area contributed by atoms with Gasteiger partial charge in [0.25, 0.3) is 5.09 Å². The SMILES string of the molecule is COCCc1ccc(OCC(O)CNC(C)(C)CNC(=O)CCCCO[N+](=O)[O-])cc1. The van der Waals surface area contributed by atoms with Crippen molar-refractivity contribution in [2.75, 3.05) is 40.0 Å². The molecule has 0 radical (unpaired) electrons. The molecule has 10 nitrogen and oxygen atoms in total. The number of nitrogens with zero attached hydrogens (tertiary/aromatic N) is 1. The zero-order valence-corrected chi connectivity index (χ0v) is 18.6. The van der Waals surface area contributed by atoms with Crippen LogP contribution in [0.1, 0.15) is 38.7 Å². The minimum absolute atomic E-state index is 0.00868. The summed E-state index contributed by atoms with van der Waals surface area (Å²) in [7, 11) is 1.67. The third kappa shape index (κ3) is 13.5. The molecule has 1 rings (SSSR count). The number of amides is 1. The summed E-state index contributed by atoms with van der Waals surface area (Å²) in [6, 6.07) is 7.68. The van der Waals surface area contributed by atoms with Gasteiger partial charge in [0.1, 0.15) is 18.5 Å². The second kappa shape index (κ2) is 14.6. The largest absolute Gasteiger partial charge is 0.491 e. The van der Waals surface area contributed by atoms with Gasteiger partial charge in [-0.1, -0.05) is 12.1 Å². The van der Waals surface area contributed by atoms with Crippen molar-refractivity contribution in [2.45, 2.75) is 51.2 Å². The summed E-state index contributed by atoms with van der Waals surface area (Å²) in [4.78, 5) is 26.1. The minimum atomic E-state index is -0.839. The van der Waals surface area contributed by atoms with Gasteiger partial charge in [-0.3, -0.25) is 4.79 Å². The molecular weight excluding hydrogens is 406 g/mol. The molecular formula is C21H35N3O7. The molecule has 10 heteroatoms. The fourth-order valence-corrected chi connectivity index (χ4v) is 2.61. The number of methoxy groups -OCH3 is 1. The molecule has 1 atom stereocenters. The van der Waals surface area contributed by atoms with Crippen molar-refractivity contribution in [1.82, 2.24) is 10.6 Å². The summed E-state index contributed by atoms with van der Waals surface area (Å²) < 4.78 is 10.7. The van der Waals surface area contributed by atoms with Gasteiger partial charge in [0.15, 0.2) is 0 Å². The summed E-state index contributed by atoms with van der Waals surface area (Å²) in [5.74, 6) is 0.559. The van der Waals surface area contributed by atoms with E-state index in [0.717, 1.165) is 12.0 Å². The number of benzene rings is 1. The van der Waals surface area contributed by atoms with E-state index in [9.17, 15) is 20.0 Å². The van der Waals surface area contributed by atoms with Crippen molar-refractivity contribution < 1.29 is 29.3 Å². The van der Waals surface area contributed by atoms with Crippen LogP contribution in [0, 0.1) is 10.1 Å². The predicted octanol–water partition coefficient (Wildman–Crippen LogP) is 1.48. The van der Waals surface area contributed by atoms with E-state index in [1.165, 1.54) is 0 Å². The molecule has 1 aromatic carbocycles. The highest BCUT2D eigenvalue weighted by Gasteiger charge is 2.19. The smallest absolute Gasteiger partial charge is 0.294 e. The minimum Gasteiger partial charge on any atom is -0.491 e. The Hall–Kier alpha value is -2.43. The average molecular weight is 442 g/mol. The number of hydrogen-bond donors (Lipinski definition) is 3. The molecule has 0 heterocycles. The van der Waals surface area contributed by atoms with Crippen LogP contribution in [0.2, 0.25) is 0 Å².